The van der Waals surface area contributed by atoms with E-state index in [1.165, 1.54) is 0 Å². The highest BCUT2D eigenvalue weighted by Gasteiger charge is 2.33. The Labute approximate surface area is 149 Å². The monoisotopic (exact) mass is 348 g/mol. The average molecular weight is 348 g/mol. The van der Waals surface area contributed by atoms with Gasteiger partial charge in [0.25, 0.3) is 0 Å². The molecule has 1 aliphatic heterocycles. The van der Waals surface area contributed by atoms with Crippen LogP contribution in [0.4, 0.5) is 5.69 Å². The first-order valence-corrected chi connectivity index (χ1v) is 8.66. The summed E-state index contributed by atoms with van der Waals surface area (Å²) in [4.78, 5) is 25.5. The number of anilines is 1. The van der Waals surface area contributed by atoms with Crippen molar-refractivity contribution in [2.45, 2.75) is 46.3 Å². The van der Waals surface area contributed by atoms with Crippen LogP contribution in [0, 0.1) is 5.41 Å². The van der Waals surface area contributed by atoms with Crippen molar-refractivity contribution >= 4 is 17.5 Å². The van der Waals surface area contributed by atoms with Crippen LogP contribution in [-0.4, -0.2) is 47.6 Å². The Morgan fingerprint density at radius 2 is 2.00 bits per heavy atom. The Morgan fingerprint density at radius 3 is 2.56 bits per heavy atom. The molecule has 0 aromatic heterocycles. The molecular formula is C19H28N2O4. The van der Waals surface area contributed by atoms with E-state index in [2.05, 4.69) is 5.32 Å². The van der Waals surface area contributed by atoms with Gasteiger partial charge >= 0.3 is 0 Å². The summed E-state index contributed by atoms with van der Waals surface area (Å²) < 4.78 is 5.28. The normalized spacial score (nSPS) is 19.6. The Balaban J connectivity index is 2.03. The van der Waals surface area contributed by atoms with E-state index in [-0.39, 0.29) is 23.8 Å². The minimum absolute atomic E-state index is 0.0377. The molecule has 2 unspecified atom stereocenters. The summed E-state index contributed by atoms with van der Waals surface area (Å²) in [6.07, 6.45) is -0.395. The second kappa shape index (κ2) is 7.97. The van der Waals surface area contributed by atoms with Gasteiger partial charge in [-0.15, -0.1) is 0 Å². The molecule has 1 fully saturated rings. The van der Waals surface area contributed by atoms with Crippen LogP contribution in [0.3, 0.4) is 0 Å². The third-order valence-electron chi connectivity index (χ3n) is 4.17. The number of nitrogens with one attached hydrogen (secondary N) is 1. The lowest BCUT2D eigenvalue weighted by molar-refractivity contribution is -0.153. The zero-order chi connectivity index (χ0) is 18.6. The molecule has 138 valence electrons. The predicted molar refractivity (Wildman–Crippen MR) is 96.1 cm³/mol. The largest absolute Gasteiger partial charge is 0.386 e. The van der Waals surface area contributed by atoms with Gasteiger partial charge in [0.15, 0.2) is 0 Å². The van der Waals surface area contributed by atoms with Crippen LogP contribution in [0.2, 0.25) is 0 Å². The van der Waals surface area contributed by atoms with E-state index in [1.54, 1.807) is 29.2 Å². The zero-order valence-corrected chi connectivity index (χ0v) is 15.4. The molecule has 1 aromatic rings. The molecule has 2 atom stereocenters. The van der Waals surface area contributed by atoms with Crippen LogP contribution < -0.4 is 5.32 Å². The van der Waals surface area contributed by atoms with Gasteiger partial charge in [-0.1, -0.05) is 32.9 Å². The first-order chi connectivity index (χ1) is 11.7. The maximum absolute atomic E-state index is 12.0. The maximum atomic E-state index is 12.0. The highest BCUT2D eigenvalue weighted by Crippen LogP contribution is 2.25. The molecule has 6 heteroatoms. The Kier molecular flexibility index (Phi) is 6.19. The Hall–Kier alpha value is -1.92. The molecular weight excluding hydrogens is 320 g/mol. The Bertz CT molecular complexity index is 607. The minimum atomic E-state index is -0.830. The van der Waals surface area contributed by atoms with Gasteiger partial charge in [-0.2, -0.15) is 0 Å². The summed E-state index contributed by atoms with van der Waals surface area (Å²) in [7, 11) is 0. The Morgan fingerprint density at radius 1 is 1.36 bits per heavy atom. The lowest BCUT2D eigenvalue weighted by Crippen LogP contribution is -2.51. The minimum Gasteiger partial charge on any atom is -0.386 e. The van der Waals surface area contributed by atoms with Crippen molar-refractivity contribution < 1.29 is 19.4 Å². The van der Waals surface area contributed by atoms with Crippen LogP contribution in [-0.2, 0) is 14.3 Å². The standard InChI is InChI=1S/C19H28N2O4/c1-5-21-15(11-25-12-17(21)23)18(24)13-6-8-14(9-7-13)20-16(22)10-19(2,3)4/h6-9,15,18,24H,5,10-12H2,1-4H3,(H,20,22). The van der Waals surface area contributed by atoms with E-state index in [0.717, 1.165) is 0 Å². The number of aliphatic hydroxyl groups excluding tert-OH is 1. The van der Waals surface area contributed by atoms with E-state index in [4.69, 9.17) is 4.74 Å². The van der Waals surface area contributed by atoms with Crippen molar-refractivity contribution in [2.75, 3.05) is 25.1 Å². The van der Waals surface area contributed by atoms with Gasteiger partial charge in [0.2, 0.25) is 11.8 Å². The molecule has 0 bridgehead atoms. The molecule has 1 saturated heterocycles. The van der Waals surface area contributed by atoms with Gasteiger partial charge in [0.05, 0.1) is 12.6 Å². The molecule has 2 amide bonds. The van der Waals surface area contributed by atoms with Gasteiger partial charge < -0.3 is 20.1 Å². The molecule has 0 saturated carbocycles. The van der Waals surface area contributed by atoms with E-state index >= 15 is 0 Å². The first-order valence-electron chi connectivity index (χ1n) is 8.66. The fourth-order valence-corrected chi connectivity index (χ4v) is 2.97. The quantitative estimate of drug-likeness (QED) is 0.856. The number of carbonyl (C=O) groups is 2. The van der Waals surface area contributed by atoms with Crippen LogP contribution in [0.15, 0.2) is 24.3 Å². The molecule has 1 aromatic carbocycles. The predicted octanol–water partition coefficient (Wildman–Crippen LogP) is 2.34. The smallest absolute Gasteiger partial charge is 0.248 e. The number of nitrogens with zero attached hydrogens (tertiary/aromatic N) is 1. The highest BCUT2D eigenvalue weighted by atomic mass is 16.5. The summed E-state index contributed by atoms with van der Waals surface area (Å²) in [6, 6.07) is 6.67. The van der Waals surface area contributed by atoms with Gasteiger partial charge in [0.1, 0.15) is 12.7 Å². The van der Waals surface area contributed by atoms with Crippen molar-refractivity contribution in [1.82, 2.24) is 4.90 Å². The zero-order valence-electron chi connectivity index (χ0n) is 15.4. The average Bonchev–Trinajstić information content (AvgIpc) is 2.52. The van der Waals surface area contributed by atoms with Crippen molar-refractivity contribution in [3.05, 3.63) is 29.8 Å². The fraction of sp³-hybridized carbons (Fsp3) is 0.579. The molecule has 2 N–H and O–H groups in total. The number of morpholine rings is 1. The summed E-state index contributed by atoms with van der Waals surface area (Å²) in [5.74, 6) is -0.145. The topological polar surface area (TPSA) is 78.9 Å². The summed E-state index contributed by atoms with van der Waals surface area (Å²) in [6.45, 7) is 8.83. The molecule has 25 heavy (non-hydrogen) atoms. The number of aliphatic hydroxyl groups is 1. The highest BCUT2D eigenvalue weighted by molar-refractivity contribution is 5.91. The third kappa shape index (κ3) is 5.28. The number of likely N-dealkylation sites (N-methyl/N-ethyl adjacent to an activating group) is 1. The van der Waals surface area contributed by atoms with Crippen LogP contribution >= 0.6 is 0 Å². The van der Waals surface area contributed by atoms with Crippen molar-refractivity contribution in [1.29, 1.82) is 0 Å². The van der Waals surface area contributed by atoms with Crippen LogP contribution in [0.5, 0.6) is 0 Å². The second-order valence-electron chi connectivity index (χ2n) is 7.61. The molecule has 1 aliphatic rings. The van der Waals surface area contributed by atoms with Crippen molar-refractivity contribution in [3.63, 3.8) is 0 Å². The number of carbonyl (C=O) groups excluding carboxylic acids is 2. The van der Waals surface area contributed by atoms with Gasteiger partial charge in [0, 0.05) is 18.7 Å². The lowest BCUT2D eigenvalue weighted by Gasteiger charge is -2.37. The fourth-order valence-electron chi connectivity index (χ4n) is 2.97. The third-order valence-corrected chi connectivity index (χ3v) is 4.17. The van der Waals surface area contributed by atoms with Crippen molar-refractivity contribution in [2.24, 2.45) is 5.41 Å². The van der Waals surface area contributed by atoms with E-state index < -0.39 is 12.1 Å². The SMILES string of the molecule is CCN1C(=O)COCC1C(O)c1ccc(NC(=O)CC(C)(C)C)cc1. The molecule has 2 rings (SSSR count). The molecule has 0 spiro atoms. The molecule has 0 radical (unpaired) electrons. The molecule has 6 nitrogen and oxygen atoms in total. The van der Waals surface area contributed by atoms with Gasteiger partial charge in [-0.3, -0.25) is 9.59 Å². The molecule has 1 heterocycles. The van der Waals surface area contributed by atoms with Crippen LogP contribution in [0.1, 0.15) is 45.8 Å². The van der Waals surface area contributed by atoms with E-state index in [9.17, 15) is 14.7 Å². The second-order valence-corrected chi connectivity index (χ2v) is 7.61. The van der Waals surface area contributed by atoms with Gasteiger partial charge in [-0.05, 0) is 30.0 Å². The van der Waals surface area contributed by atoms with Gasteiger partial charge in [-0.25, -0.2) is 0 Å². The van der Waals surface area contributed by atoms with Crippen molar-refractivity contribution in [3.8, 4) is 0 Å². The molecule has 0 aliphatic carbocycles. The number of ether oxygens (including phenoxy) is 1. The lowest BCUT2D eigenvalue weighted by atomic mass is 9.92. The number of rotatable bonds is 5. The number of hydrogen-bond acceptors (Lipinski definition) is 4. The number of benzene rings is 1. The first kappa shape index (κ1) is 19.4. The number of amides is 2. The van der Waals surface area contributed by atoms with Crippen LogP contribution in [0.25, 0.3) is 0 Å². The maximum Gasteiger partial charge on any atom is 0.248 e. The number of hydrogen-bond donors (Lipinski definition) is 2. The van der Waals surface area contributed by atoms with E-state index in [0.29, 0.717) is 30.8 Å². The van der Waals surface area contributed by atoms with E-state index in [1.807, 2.05) is 27.7 Å². The summed E-state index contributed by atoms with van der Waals surface area (Å²) >= 11 is 0. The summed E-state index contributed by atoms with van der Waals surface area (Å²) in [5, 5.41) is 13.5. The summed E-state index contributed by atoms with van der Waals surface area (Å²) in [5.41, 5.74) is 1.31.